The molecule has 1 amide bonds. The van der Waals surface area contributed by atoms with Crippen LogP contribution in [-0.4, -0.2) is 11.2 Å². The second-order valence-electron chi connectivity index (χ2n) is 4.84. The Morgan fingerprint density at radius 1 is 1.10 bits per heavy atom. The molecule has 0 aromatic heterocycles. The van der Waals surface area contributed by atoms with Crippen LogP contribution in [0.5, 0.6) is 0 Å². The van der Waals surface area contributed by atoms with Crippen molar-refractivity contribution in [1.29, 1.82) is 0 Å². The number of carbonyl (C=O) groups is 1. The number of nitrogens with one attached hydrogen (secondary N) is 1. The summed E-state index contributed by atoms with van der Waals surface area (Å²) in [5.74, 6) is -0.391. The number of amides is 1. The fourth-order valence-electron chi connectivity index (χ4n) is 2.07. The molecular formula is C17H17BrFNO. The van der Waals surface area contributed by atoms with Crippen molar-refractivity contribution in [1.82, 2.24) is 0 Å². The van der Waals surface area contributed by atoms with Crippen LogP contribution in [0, 0.1) is 5.82 Å². The lowest BCUT2D eigenvalue weighted by Crippen LogP contribution is -2.14. The summed E-state index contributed by atoms with van der Waals surface area (Å²) >= 11 is 3.41. The number of halogens is 2. The number of rotatable bonds is 6. The molecule has 2 aromatic rings. The van der Waals surface area contributed by atoms with Crippen LogP contribution in [0.3, 0.4) is 0 Å². The molecule has 0 saturated heterocycles. The van der Waals surface area contributed by atoms with E-state index >= 15 is 0 Å². The second kappa shape index (κ2) is 7.93. The average Bonchev–Trinajstić information content (AvgIpc) is 2.48. The third kappa shape index (κ3) is 5.31. The summed E-state index contributed by atoms with van der Waals surface area (Å²) in [5.41, 5.74) is 2.80. The Morgan fingerprint density at radius 3 is 2.57 bits per heavy atom. The van der Waals surface area contributed by atoms with Crippen LogP contribution in [-0.2, 0) is 17.6 Å². The lowest BCUT2D eigenvalue weighted by molar-refractivity contribution is -0.115. The zero-order valence-corrected chi connectivity index (χ0v) is 13.2. The molecule has 0 aliphatic carbocycles. The SMILES string of the molecule is O=C(Cc1ccc(F)cc1)Nc1cccc(CCCBr)c1. The van der Waals surface area contributed by atoms with Gasteiger partial charge < -0.3 is 5.32 Å². The first-order valence-corrected chi connectivity index (χ1v) is 7.99. The Labute approximate surface area is 132 Å². The lowest BCUT2D eigenvalue weighted by Gasteiger charge is -2.07. The van der Waals surface area contributed by atoms with Gasteiger partial charge in [-0.2, -0.15) is 0 Å². The number of alkyl halides is 1. The van der Waals surface area contributed by atoms with Gasteiger partial charge in [0.15, 0.2) is 0 Å². The predicted molar refractivity (Wildman–Crippen MR) is 87.3 cm³/mol. The maximum absolute atomic E-state index is 12.8. The van der Waals surface area contributed by atoms with Crippen LogP contribution in [0.25, 0.3) is 0 Å². The van der Waals surface area contributed by atoms with E-state index in [0.717, 1.165) is 29.4 Å². The zero-order valence-electron chi connectivity index (χ0n) is 11.6. The van der Waals surface area contributed by atoms with Gasteiger partial charge in [0.05, 0.1) is 6.42 Å². The third-order valence-electron chi connectivity index (χ3n) is 3.09. The quantitative estimate of drug-likeness (QED) is 0.772. The highest BCUT2D eigenvalue weighted by molar-refractivity contribution is 9.09. The van der Waals surface area contributed by atoms with Crippen molar-refractivity contribution in [2.24, 2.45) is 0 Å². The van der Waals surface area contributed by atoms with Crippen LogP contribution >= 0.6 is 15.9 Å². The second-order valence-corrected chi connectivity index (χ2v) is 5.64. The molecule has 2 rings (SSSR count). The average molecular weight is 350 g/mol. The van der Waals surface area contributed by atoms with E-state index in [0.29, 0.717) is 0 Å². The summed E-state index contributed by atoms with van der Waals surface area (Å²) in [6.45, 7) is 0. The number of hydrogen-bond donors (Lipinski definition) is 1. The highest BCUT2D eigenvalue weighted by Crippen LogP contribution is 2.13. The first kappa shape index (κ1) is 15.7. The van der Waals surface area contributed by atoms with Gasteiger partial charge in [-0.3, -0.25) is 4.79 Å². The minimum atomic E-state index is -0.293. The standard InChI is InChI=1S/C17H17BrFNO/c18-10-2-4-13-3-1-5-16(11-13)20-17(21)12-14-6-8-15(19)9-7-14/h1,3,5-9,11H,2,4,10,12H2,(H,20,21). The number of anilines is 1. The minimum absolute atomic E-state index is 0.0979. The molecule has 1 N–H and O–H groups in total. The normalized spacial score (nSPS) is 10.4. The van der Waals surface area contributed by atoms with Gasteiger partial charge in [0.25, 0.3) is 0 Å². The summed E-state index contributed by atoms with van der Waals surface area (Å²) < 4.78 is 12.8. The van der Waals surface area contributed by atoms with E-state index in [4.69, 9.17) is 0 Å². The summed E-state index contributed by atoms with van der Waals surface area (Å²) in [5, 5.41) is 3.84. The van der Waals surface area contributed by atoms with Gasteiger partial charge >= 0.3 is 0 Å². The summed E-state index contributed by atoms with van der Waals surface area (Å²) in [6, 6.07) is 13.8. The predicted octanol–water partition coefficient (Wildman–Crippen LogP) is 4.33. The van der Waals surface area contributed by atoms with E-state index in [9.17, 15) is 9.18 Å². The van der Waals surface area contributed by atoms with Crippen molar-refractivity contribution in [2.75, 3.05) is 10.6 Å². The molecule has 2 aromatic carbocycles. The molecule has 0 spiro atoms. The van der Waals surface area contributed by atoms with Gasteiger partial charge in [0, 0.05) is 11.0 Å². The van der Waals surface area contributed by atoms with Crippen LogP contribution < -0.4 is 5.32 Å². The van der Waals surface area contributed by atoms with E-state index < -0.39 is 0 Å². The van der Waals surface area contributed by atoms with Crippen molar-refractivity contribution >= 4 is 27.5 Å². The number of carbonyl (C=O) groups excluding carboxylic acids is 1. The van der Waals surface area contributed by atoms with E-state index in [1.165, 1.54) is 17.7 Å². The number of benzene rings is 2. The highest BCUT2D eigenvalue weighted by atomic mass is 79.9. The van der Waals surface area contributed by atoms with Crippen molar-refractivity contribution in [2.45, 2.75) is 19.3 Å². The Morgan fingerprint density at radius 2 is 1.86 bits per heavy atom. The van der Waals surface area contributed by atoms with Gasteiger partial charge in [-0.15, -0.1) is 0 Å². The van der Waals surface area contributed by atoms with Crippen LogP contribution in [0.4, 0.5) is 10.1 Å². The summed E-state index contributed by atoms with van der Waals surface area (Å²) in [7, 11) is 0. The lowest BCUT2D eigenvalue weighted by atomic mass is 10.1. The molecule has 110 valence electrons. The molecule has 0 unspecified atom stereocenters. The molecule has 0 bridgehead atoms. The topological polar surface area (TPSA) is 29.1 Å². The third-order valence-corrected chi connectivity index (χ3v) is 3.65. The molecular weight excluding hydrogens is 333 g/mol. The van der Waals surface area contributed by atoms with Gasteiger partial charge in [0.2, 0.25) is 5.91 Å². The van der Waals surface area contributed by atoms with Crippen molar-refractivity contribution in [3.63, 3.8) is 0 Å². The molecule has 0 saturated carbocycles. The molecule has 0 fully saturated rings. The maximum Gasteiger partial charge on any atom is 0.228 e. The molecule has 0 aliphatic heterocycles. The first-order chi connectivity index (χ1) is 10.2. The monoisotopic (exact) mass is 349 g/mol. The molecule has 0 aliphatic rings. The summed E-state index contributed by atoms with van der Waals surface area (Å²) in [6.07, 6.45) is 2.28. The zero-order chi connectivity index (χ0) is 15.1. The molecule has 0 atom stereocenters. The van der Waals surface area contributed by atoms with Crippen LogP contribution in [0.15, 0.2) is 48.5 Å². The van der Waals surface area contributed by atoms with Crippen LogP contribution in [0.2, 0.25) is 0 Å². The van der Waals surface area contributed by atoms with E-state index in [-0.39, 0.29) is 18.1 Å². The molecule has 0 radical (unpaired) electrons. The molecule has 4 heteroatoms. The molecule has 2 nitrogen and oxygen atoms in total. The maximum atomic E-state index is 12.8. The van der Waals surface area contributed by atoms with Gasteiger partial charge in [-0.05, 0) is 48.2 Å². The Balaban J connectivity index is 1.94. The Kier molecular flexibility index (Phi) is 5.93. The Bertz CT molecular complexity index is 598. The van der Waals surface area contributed by atoms with E-state index in [2.05, 4.69) is 27.3 Å². The first-order valence-electron chi connectivity index (χ1n) is 6.86. The van der Waals surface area contributed by atoms with E-state index in [1.807, 2.05) is 18.2 Å². The highest BCUT2D eigenvalue weighted by Gasteiger charge is 2.05. The smallest absolute Gasteiger partial charge is 0.228 e. The van der Waals surface area contributed by atoms with Crippen molar-refractivity contribution in [3.05, 3.63) is 65.5 Å². The van der Waals surface area contributed by atoms with E-state index in [1.54, 1.807) is 12.1 Å². The molecule has 0 heterocycles. The van der Waals surface area contributed by atoms with Gasteiger partial charge in [-0.25, -0.2) is 4.39 Å². The van der Waals surface area contributed by atoms with Gasteiger partial charge in [-0.1, -0.05) is 40.2 Å². The van der Waals surface area contributed by atoms with Crippen LogP contribution in [0.1, 0.15) is 17.5 Å². The van der Waals surface area contributed by atoms with Crippen molar-refractivity contribution < 1.29 is 9.18 Å². The number of hydrogen-bond acceptors (Lipinski definition) is 1. The Hall–Kier alpha value is -1.68. The number of aryl methyl sites for hydroxylation is 1. The largest absolute Gasteiger partial charge is 0.326 e. The van der Waals surface area contributed by atoms with Crippen molar-refractivity contribution in [3.8, 4) is 0 Å². The fourth-order valence-corrected chi connectivity index (χ4v) is 2.35. The van der Waals surface area contributed by atoms with Gasteiger partial charge in [0.1, 0.15) is 5.82 Å². The molecule has 21 heavy (non-hydrogen) atoms. The summed E-state index contributed by atoms with van der Waals surface area (Å²) in [4.78, 5) is 12.0. The minimum Gasteiger partial charge on any atom is -0.326 e. The fraction of sp³-hybridized carbons (Fsp3) is 0.235.